The third-order valence-electron chi connectivity index (χ3n) is 2.53. The number of hydrogen-bond acceptors (Lipinski definition) is 6. The first-order valence-electron chi connectivity index (χ1n) is 4.66. The molecular formula is C9H12N4O2S. The van der Waals surface area contributed by atoms with Crippen LogP contribution >= 0.6 is 11.8 Å². The van der Waals surface area contributed by atoms with Gasteiger partial charge in [0.05, 0.1) is 11.0 Å². The van der Waals surface area contributed by atoms with Gasteiger partial charge in [0.25, 0.3) is 0 Å². The zero-order valence-electron chi connectivity index (χ0n) is 8.94. The molecule has 0 radical (unpaired) electrons. The van der Waals surface area contributed by atoms with Crippen LogP contribution in [0.5, 0.6) is 0 Å². The van der Waals surface area contributed by atoms with Gasteiger partial charge in [0.1, 0.15) is 11.1 Å². The van der Waals surface area contributed by atoms with E-state index >= 15 is 0 Å². The van der Waals surface area contributed by atoms with E-state index in [0.717, 1.165) is 5.70 Å². The van der Waals surface area contributed by atoms with Crippen LogP contribution in [-0.4, -0.2) is 39.1 Å². The molecule has 2 aliphatic heterocycles. The van der Waals surface area contributed by atoms with Crippen molar-refractivity contribution in [1.29, 1.82) is 0 Å². The molecule has 1 atom stereocenters. The molecule has 2 aliphatic rings. The van der Waals surface area contributed by atoms with E-state index in [-0.39, 0.29) is 5.37 Å². The molecule has 2 rings (SSSR count). The number of likely N-dealkylation sites (N-methyl/N-ethyl adjacent to an activating group) is 1. The average Bonchev–Trinajstić information content (AvgIpc) is 2.62. The van der Waals surface area contributed by atoms with Crippen LogP contribution in [0.1, 0.15) is 0 Å². The van der Waals surface area contributed by atoms with Crippen molar-refractivity contribution in [2.75, 3.05) is 13.3 Å². The van der Waals surface area contributed by atoms with Crippen molar-refractivity contribution in [2.45, 2.75) is 5.37 Å². The number of nitroso groups, excluding NO2 is 1. The Bertz CT molecular complexity index is 393. The Morgan fingerprint density at radius 2 is 2.31 bits per heavy atom. The number of rotatable bonds is 3. The zero-order chi connectivity index (χ0) is 11.7. The standard InChI is InChI=1S/C9H12N4O2S/c1-11-9(16-2)8(13(15)10-14)7-5-3-4-6-12(7)11/h3-6,9,15H,1-2H3. The number of thioether (sulfide) groups is 1. The number of hydrogen-bond donors (Lipinski definition) is 1. The van der Waals surface area contributed by atoms with Crippen LogP contribution in [0, 0.1) is 4.91 Å². The average molecular weight is 240 g/mol. The summed E-state index contributed by atoms with van der Waals surface area (Å²) in [6.07, 6.45) is 9.34. The van der Waals surface area contributed by atoms with Gasteiger partial charge in [-0.15, -0.1) is 21.8 Å². The minimum absolute atomic E-state index is 0.134. The molecule has 0 saturated heterocycles. The largest absolute Gasteiger partial charge is 0.278 e. The summed E-state index contributed by atoms with van der Waals surface area (Å²) in [5.41, 5.74) is 1.23. The molecular weight excluding hydrogens is 228 g/mol. The fraction of sp³-hybridized carbons (Fsp3) is 0.333. The van der Waals surface area contributed by atoms with E-state index in [2.05, 4.69) is 5.29 Å². The third kappa shape index (κ3) is 1.53. The molecule has 0 spiro atoms. The lowest BCUT2D eigenvalue weighted by molar-refractivity contribution is -0.0610. The summed E-state index contributed by atoms with van der Waals surface area (Å²) in [6, 6.07) is 0. The van der Waals surface area contributed by atoms with Crippen LogP contribution in [0.2, 0.25) is 0 Å². The summed E-state index contributed by atoms with van der Waals surface area (Å²) in [7, 11) is 1.89. The predicted octanol–water partition coefficient (Wildman–Crippen LogP) is 1.51. The fourth-order valence-electron chi connectivity index (χ4n) is 1.84. The van der Waals surface area contributed by atoms with Crippen LogP contribution in [0.4, 0.5) is 0 Å². The van der Waals surface area contributed by atoms with E-state index in [1.807, 2.05) is 47.7 Å². The first-order chi connectivity index (χ1) is 7.70. The number of allylic oxidation sites excluding steroid dienone is 3. The van der Waals surface area contributed by atoms with E-state index < -0.39 is 0 Å². The molecule has 1 unspecified atom stereocenters. The lowest BCUT2D eigenvalue weighted by atomic mass is 10.2. The van der Waals surface area contributed by atoms with Crippen molar-refractivity contribution in [3.05, 3.63) is 40.7 Å². The van der Waals surface area contributed by atoms with E-state index in [9.17, 15) is 10.1 Å². The highest BCUT2D eigenvalue weighted by Gasteiger charge is 2.38. The highest BCUT2D eigenvalue weighted by atomic mass is 32.2. The molecule has 0 aromatic carbocycles. The molecule has 0 aromatic rings. The summed E-state index contributed by atoms with van der Waals surface area (Å²) in [4.78, 5) is 10.4. The van der Waals surface area contributed by atoms with Gasteiger partial charge in [-0.25, -0.2) is 5.01 Å². The lowest BCUT2D eigenvalue weighted by Gasteiger charge is -2.28. The summed E-state index contributed by atoms with van der Waals surface area (Å²) in [5, 5.41) is 16.1. The van der Waals surface area contributed by atoms with Gasteiger partial charge in [-0.05, 0) is 18.4 Å². The van der Waals surface area contributed by atoms with Crippen LogP contribution in [-0.2, 0) is 0 Å². The molecule has 0 fully saturated rings. The third-order valence-corrected chi connectivity index (χ3v) is 3.51. The number of hydrazine groups is 1. The summed E-state index contributed by atoms with van der Waals surface area (Å²) < 4.78 is 0. The predicted molar refractivity (Wildman–Crippen MR) is 61.6 cm³/mol. The maximum atomic E-state index is 10.4. The van der Waals surface area contributed by atoms with Gasteiger partial charge < -0.3 is 0 Å². The first kappa shape index (κ1) is 11.2. The van der Waals surface area contributed by atoms with Crippen LogP contribution in [0.15, 0.2) is 41.1 Å². The molecule has 0 aromatic heterocycles. The number of nitrogens with zero attached hydrogens (tertiary/aromatic N) is 4. The SMILES string of the molecule is CSC1C(N(O)N=O)=C2C=CC=CN2N1C. The van der Waals surface area contributed by atoms with Crippen molar-refractivity contribution in [1.82, 2.24) is 15.2 Å². The van der Waals surface area contributed by atoms with Gasteiger partial charge in [-0.3, -0.25) is 10.2 Å². The van der Waals surface area contributed by atoms with Crippen molar-refractivity contribution < 1.29 is 5.21 Å². The van der Waals surface area contributed by atoms with Gasteiger partial charge in [-0.2, -0.15) is 0 Å². The Morgan fingerprint density at radius 1 is 1.56 bits per heavy atom. The molecule has 0 saturated carbocycles. The summed E-state index contributed by atoms with van der Waals surface area (Å²) in [5.74, 6) is 0. The molecule has 0 bridgehead atoms. The molecule has 7 heteroatoms. The van der Waals surface area contributed by atoms with Crippen molar-refractivity contribution in [2.24, 2.45) is 5.29 Å². The Kier molecular flexibility index (Phi) is 2.99. The van der Waals surface area contributed by atoms with Crippen LogP contribution in [0.25, 0.3) is 0 Å². The second-order valence-corrected chi connectivity index (χ2v) is 4.27. The monoisotopic (exact) mass is 240 g/mol. The fourth-order valence-corrected chi connectivity index (χ4v) is 2.68. The number of hydroxylamine groups is 1. The molecule has 16 heavy (non-hydrogen) atoms. The smallest absolute Gasteiger partial charge is 0.125 e. The topological polar surface area (TPSA) is 59.4 Å². The van der Waals surface area contributed by atoms with Gasteiger partial charge in [-0.1, -0.05) is 6.08 Å². The Labute approximate surface area is 97.4 Å². The summed E-state index contributed by atoms with van der Waals surface area (Å²) in [6.45, 7) is 0. The minimum Gasteiger partial charge on any atom is -0.278 e. The molecule has 1 N–H and O–H groups in total. The normalized spacial score (nSPS) is 23.9. The van der Waals surface area contributed by atoms with Crippen molar-refractivity contribution in [3.63, 3.8) is 0 Å². The maximum Gasteiger partial charge on any atom is 0.125 e. The van der Waals surface area contributed by atoms with Gasteiger partial charge in [0.2, 0.25) is 0 Å². The molecule has 6 nitrogen and oxygen atoms in total. The maximum absolute atomic E-state index is 10.4. The number of fused-ring (bicyclic) bond motifs is 1. The molecule has 0 aliphatic carbocycles. The quantitative estimate of drug-likeness (QED) is 0.596. The van der Waals surface area contributed by atoms with Crippen molar-refractivity contribution >= 4 is 11.8 Å². The summed E-state index contributed by atoms with van der Waals surface area (Å²) >= 11 is 1.52. The van der Waals surface area contributed by atoms with Gasteiger partial charge in [0.15, 0.2) is 0 Å². The Balaban J connectivity index is 2.45. The zero-order valence-corrected chi connectivity index (χ0v) is 9.76. The van der Waals surface area contributed by atoms with E-state index in [0.29, 0.717) is 10.9 Å². The second kappa shape index (κ2) is 4.28. The lowest BCUT2D eigenvalue weighted by Crippen LogP contribution is -2.35. The Hall–Kier alpha value is -1.31. The highest BCUT2D eigenvalue weighted by molar-refractivity contribution is 7.99. The molecule has 86 valence electrons. The Morgan fingerprint density at radius 3 is 2.94 bits per heavy atom. The minimum atomic E-state index is -0.134. The molecule has 2 heterocycles. The van der Waals surface area contributed by atoms with E-state index in [4.69, 9.17) is 0 Å². The highest BCUT2D eigenvalue weighted by Crippen LogP contribution is 2.37. The van der Waals surface area contributed by atoms with Gasteiger partial charge >= 0.3 is 0 Å². The van der Waals surface area contributed by atoms with Crippen molar-refractivity contribution in [3.8, 4) is 0 Å². The first-order valence-corrected chi connectivity index (χ1v) is 5.95. The van der Waals surface area contributed by atoms with Crippen LogP contribution in [0.3, 0.4) is 0 Å². The second-order valence-electron chi connectivity index (χ2n) is 3.35. The van der Waals surface area contributed by atoms with E-state index in [1.165, 1.54) is 11.8 Å². The molecule has 0 amide bonds. The van der Waals surface area contributed by atoms with Crippen LogP contribution < -0.4 is 0 Å². The van der Waals surface area contributed by atoms with E-state index in [1.54, 1.807) is 0 Å². The van der Waals surface area contributed by atoms with Gasteiger partial charge in [0, 0.05) is 13.2 Å².